The Morgan fingerprint density at radius 3 is 1.83 bits per heavy atom. The number of hydrogen-bond acceptors (Lipinski definition) is 2. The van der Waals surface area contributed by atoms with Crippen molar-refractivity contribution in [2.75, 3.05) is 0 Å². The number of aliphatic hydroxyl groups is 1. The summed E-state index contributed by atoms with van der Waals surface area (Å²) in [5.41, 5.74) is 0. The van der Waals surface area contributed by atoms with Crippen molar-refractivity contribution in [2.24, 2.45) is 5.92 Å². The van der Waals surface area contributed by atoms with Crippen LogP contribution in [0.15, 0.2) is 0 Å². The summed E-state index contributed by atoms with van der Waals surface area (Å²) in [6.45, 7) is 4.20. The molecule has 1 unspecified atom stereocenters. The minimum absolute atomic E-state index is 0.317. The third kappa shape index (κ3) is 18.9. The van der Waals surface area contributed by atoms with Gasteiger partial charge in [-0.2, -0.15) is 0 Å². The van der Waals surface area contributed by atoms with E-state index in [-0.39, 0.29) is 0 Å². The minimum Gasteiger partial charge on any atom is -0.481 e. The molecule has 3 heteroatoms. The van der Waals surface area contributed by atoms with E-state index in [9.17, 15) is 9.90 Å². The lowest BCUT2D eigenvalue weighted by Crippen LogP contribution is -2.06. The fourth-order valence-corrected chi connectivity index (χ4v) is 2.60. The highest BCUT2D eigenvalue weighted by atomic mass is 16.4. The first-order valence-electron chi connectivity index (χ1n) is 9.40. The molecule has 0 fully saturated rings. The molecule has 0 aromatic rings. The summed E-state index contributed by atoms with van der Waals surface area (Å²) < 4.78 is 0. The molecule has 0 saturated heterocycles. The third-order valence-electron chi connectivity index (χ3n) is 3.91. The van der Waals surface area contributed by atoms with E-state index in [2.05, 4.69) is 25.7 Å². The Balaban J connectivity index is 3.22. The molecule has 2 N–H and O–H groups in total. The first-order chi connectivity index (χ1) is 11.0. The molecule has 0 radical (unpaired) electrons. The molecule has 0 aliphatic carbocycles. The first-order valence-corrected chi connectivity index (χ1v) is 9.40. The van der Waals surface area contributed by atoms with Gasteiger partial charge in [-0.1, -0.05) is 71.1 Å². The molecule has 134 valence electrons. The van der Waals surface area contributed by atoms with Gasteiger partial charge in [0.1, 0.15) is 6.10 Å². The quantitative estimate of drug-likeness (QED) is 0.342. The predicted molar refractivity (Wildman–Crippen MR) is 96.3 cm³/mol. The Morgan fingerprint density at radius 1 is 0.870 bits per heavy atom. The second-order valence-electron chi connectivity index (χ2n) is 6.90. The lowest BCUT2D eigenvalue weighted by Gasteiger charge is -2.05. The molecule has 3 nitrogen and oxygen atoms in total. The van der Waals surface area contributed by atoms with Crippen molar-refractivity contribution >= 4 is 5.97 Å². The molecule has 1 atom stereocenters. The normalized spacial score (nSPS) is 12.0. The Labute approximate surface area is 142 Å². The van der Waals surface area contributed by atoms with Gasteiger partial charge in [-0.15, -0.1) is 5.92 Å². The zero-order valence-corrected chi connectivity index (χ0v) is 15.1. The van der Waals surface area contributed by atoms with Crippen LogP contribution in [-0.2, 0) is 4.79 Å². The van der Waals surface area contributed by atoms with Crippen molar-refractivity contribution in [1.82, 2.24) is 0 Å². The summed E-state index contributed by atoms with van der Waals surface area (Å²) in [7, 11) is 0. The Bertz CT molecular complexity index is 339. The molecule has 0 heterocycles. The summed E-state index contributed by atoms with van der Waals surface area (Å²) >= 11 is 0. The molecular formula is C20H36O3. The Kier molecular flexibility index (Phi) is 15.2. The predicted octanol–water partition coefficient (Wildman–Crippen LogP) is 5.16. The molecule has 0 amide bonds. The summed E-state index contributed by atoms with van der Waals surface area (Å²) in [5, 5.41) is 18.2. The number of aliphatic carboxylic acids is 1. The largest absolute Gasteiger partial charge is 0.481 e. The van der Waals surface area contributed by atoms with Crippen LogP contribution in [-0.4, -0.2) is 22.3 Å². The van der Waals surface area contributed by atoms with Crippen LogP contribution in [0.1, 0.15) is 97.3 Å². The lowest BCUT2D eigenvalue weighted by molar-refractivity contribution is -0.137. The monoisotopic (exact) mass is 324 g/mol. The highest BCUT2D eigenvalue weighted by Crippen LogP contribution is 2.12. The minimum atomic E-state index is -0.677. The van der Waals surface area contributed by atoms with Crippen molar-refractivity contribution in [2.45, 2.75) is 103 Å². The fourth-order valence-electron chi connectivity index (χ4n) is 2.60. The van der Waals surface area contributed by atoms with E-state index >= 15 is 0 Å². The summed E-state index contributed by atoms with van der Waals surface area (Å²) in [4.78, 5) is 10.4. The van der Waals surface area contributed by atoms with Crippen LogP contribution in [0.2, 0.25) is 0 Å². The maximum absolute atomic E-state index is 10.4. The number of carboxylic acids is 1. The Morgan fingerprint density at radius 2 is 1.35 bits per heavy atom. The van der Waals surface area contributed by atoms with Gasteiger partial charge < -0.3 is 10.2 Å². The van der Waals surface area contributed by atoms with Gasteiger partial charge >= 0.3 is 5.97 Å². The van der Waals surface area contributed by atoms with Gasteiger partial charge in [0.05, 0.1) is 0 Å². The van der Waals surface area contributed by atoms with Crippen molar-refractivity contribution in [3.05, 3.63) is 0 Å². The standard InChI is InChI=1S/C20H36O3/c1-18(2)17-19(21)15-13-11-9-7-5-3-4-6-8-10-12-14-16-20(22)23/h18-19,21H,3-12,14,16-17H2,1-2H3,(H,22,23). The highest BCUT2D eigenvalue weighted by molar-refractivity contribution is 5.66. The topological polar surface area (TPSA) is 57.5 Å². The zero-order valence-electron chi connectivity index (χ0n) is 15.1. The highest BCUT2D eigenvalue weighted by Gasteiger charge is 2.01. The number of hydrogen-bond donors (Lipinski definition) is 2. The van der Waals surface area contributed by atoms with Crippen molar-refractivity contribution < 1.29 is 15.0 Å². The molecule has 0 rings (SSSR count). The summed E-state index contributed by atoms with van der Waals surface area (Å²) in [6, 6.07) is 0. The van der Waals surface area contributed by atoms with Crippen molar-refractivity contribution in [3.8, 4) is 11.8 Å². The smallest absolute Gasteiger partial charge is 0.303 e. The van der Waals surface area contributed by atoms with E-state index in [1.54, 1.807) is 0 Å². The first kappa shape index (κ1) is 22.0. The van der Waals surface area contributed by atoms with Crippen LogP contribution < -0.4 is 0 Å². The average molecular weight is 325 g/mol. The maximum atomic E-state index is 10.4. The molecule has 0 saturated carbocycles. The summed E-state index contributed by atoms with van der Waals surface area (Å²) in [6.07, 6.45) is 13.3. The molecule has 0 bridgehead atoms. The third-order valence-corrected chi connectivity index (χ3v) is 3.91. The van der Waals surface area contributed by atoms with Crippen LogP contribution in [0.25, 0.3) is 0 Å². The molecule has 0 aliphatic heterocycles. The van der Waals surface area contributed by atoms with Gasteiger partial charge in [0.15, 0.2) is 0 Å². The van der Waals surface area contributed by atoms with Crippen LogP contribution in [0.3, 0.4) is 0 Å². The van der Waals surface area contributed by atoms with Crippen molar-refractivity contribution in [3.63, 3.8) is 0 Å². The zero-order chi connectivity index (χ0) is 17.3. The summed E-state index contributed by atoms with van der Waals surface area (Å²) in [5.74, 6) is 5.83. The number of carbonyl (C=O) groups is 1. The van der Waals surface area contributed by atoms with Gasteiger partial charge in [0.25, 0.3) is 0 Å². The van der Waals surface area contributed by atoms with E-state index in [4.69, 9.17) is 5.11 Å². The van der Waals surface area contributed by atoms with Crippen LogP contribution in [0.5, 0.6) is 0 Å². The van der Waals surface area contributed by atoms with E-state index in [0.717, 1.165) is 32.1 Å². The van der Waals surface area contributed by atoms with E-state index in [0.29, 0.717) is 12.3 Å². The van der Waals surface area contributed by atoms with E-state index in [1.165, 1.54) is 44.9 Å². The maximum Gasteiger partial charge on any atom is 0.303 e. The van der Waals surface area contributed by atoms with Crippen LogP contribution in [0, 0.1) is 17.8 Å². The second kappa shape index (κ2) is 15.9. The lowest BCUT2D eigenvalue weighted by atomic mass is 10.0. The number of unbranched alkanes of at least 4 members (excludes halogenated alkanes) is 10. The molecule has 0 aromatic carbocycles. The number of aliphatic hydroxyl groups excluding tert-OH is 1. The SMILES string of the molecule is CC(C)CC(O)C#CCCCCCCCCCCCCC(=O)O. The van der Waals surface area contributed by atoms with Crippen molar-refractivity contribution in [1.29, 1.82) is 0 Å². The molecule has 0 aromatic heterocycles. The number of carboxylic acid groups (broad SMARTS) is 1. The average Bonchev–Trinajstić information content (AvgIpc) is 2.46. The van der Waals surface area contributed by atoms with Gasteiger partial charge in [-0.3, -0.25) is 4.79 Å². The van der Waals surface area contributed by atoms with Gasteiger partial charge in [-0.05, 0) is 25.2 Å². The molecular weight excluding hydrogens is 288 g/mol. The van der Waals surface area contributed by atoms with Crippen LogP contribution >= 0.6 is 0 Å². The number of rotatable bonds is 14. The van der Waals surface area contributed by atoms with E-state index in [1.807, 2.05) is 0 Å². The van der Waals surface area contributed by atoms with Gasteiger partial charge in [0.2, 0.25) is 0 Å². The second-order valence-corrected chi connectivity index (χ2v) is 6.90. The van der Waals surface area contributed by atoms with Gasteiger partial charge in [0, 0.05) is 12.8 Å². The fraction of sp³-hybridized carbons (Fsp3) is 0.850. The van der Waals surface area contributed by atoms with Crippen LogP contribution in [0.4, 0.5) is 0 Å². The molecule has 0 aliphatic rings. The molecule has 0 spiro atoms. The Hall–Kier alpha value is -1.01. The molecule has 23 heavy (non-hydrogen) atoms. The van der Waals surface area contributed by atoms with E-state index < -0.39 is 12.1 Å². The van der Waals surface area contributed by atoms with Gasteiger partial charge in [-0.25, -0.2) is 0 Å².